The molecule has 104 valence electrons. The van der Waals surface area contributed by atoms with Gasteiger partial charge in [-0.05, 0) is 37.4 Å². The Balaban J connectivity index is 1.72. The Kier molecular flexibility index (Phi) is 3.12. The number of aromatic nitrogens is 1. The zero-order chi connectivity index (χ0) is 13.5. The first-order valence-corrected chi connectivity index (χ1v) is 6.55. The summed E-state index contributed by atoms with van der Waals surface area (Å²) in [5, 5.41) is 3.46. The molecule has 2 aliphatic heterocycles. The largest absolute Gasteiger partial charge is 0.417 e. The Morgan fingerprint density at radius 3 is 2.79 bits per heavy atom. The van der Waals surface area contributed by atoms with Crippen LogP contribution in [-0.4, -0.2) is 30.7 Å². The van der Waals surface area contributed by atoms with Gasteiger partial charge in [0.15, 0.2) is 0 Å². The zero-order valence-corrected chi connectivity index (χ0v) is 10.5. The van der Waals surface area contributed by atoms with Crippen molar-refractivity contribution >= 4 is 5.82 Å². The van der Waals surface area contributed by atoms with E-state index in [0.29, 0.717) is 17.8 Å². The number of alkyl halides is 3. The van der Waals surface area contributed by atoms with E-state index in [2.05, 4.69) is 15.2 Å². The lowest BCUT2D eigenvalue weighted by atomic mass is 9.93. The molecule has 2 aliphatic rings. The zero-order valence-electron chi connectivity index (χ0n) is 10.5. The molecule has 0 amide bonds. The van der Waals surface area contributed by atoms with E-state index in [-0.39, 0.29) is 0 Å². The number of hydrogen-bond donors (Lipinski definition) is 1. The maximum Gasteiger partial charge on any atom is 0.417 e. The van der Waals surface area contributed by atoms with Crippen LogP contribution in [0.15, 0.2) is 18.3 Å². The van der Waals surface area contributed by atoms with E-state index in [1.165, 1.54) is 6.07 Å². The summed E-state index contributed by atoms with van der Waals surface area (Å²) in [5.74, 6) is 1.25. The van der Waals surface area contributed by atoms with Crippen molar-refractivity contribution in [1.82, 2.24) is 10.3 Å². The highest BCUT2D eigenvalue weighted by atomic mass is 19.4. The monoisotopic (exact) mass is 271 g/mol. The normalized spacial score (nSPS) is 27.4. The summed E-state index contributed by atoms with van der Waals surface area (Å²) in [5.41, 5.74) is -0.686. The first-order chi connectivity index (χ1) is 9.04. The Hall–Kier alpha value is -1.30. The average molecular weight is 271 g/mol. The van der Waals surface area contributed by atoms with Gasteiger partial charge in [-0.25, -0.2) is 4.98 Å². The molecular formula is C13H16F3N3. The molecule has 19 heavy (non-hydrogen) atoms. The molecule has 0 spiro atoms. The topological polar surface area (TPSA) is 28.2 Å². The fourth-order valence-corrected chi connectivity index (χ4v) is 3.00. The van der Waals surface area contributed by atoms with Gasteiger partial charge in [0, 0.05) is 25.3 Å². The minimum absolute atomic E-state index is 0.575. The number of hydrogen-bond acceptors (Lipinski definition) is 3. The summed E-state index contributed by atoms with van der Waals surface area (Å²) >= 11 is 0. The standard InChI is InChI=1S/C13H16F3N3/c14-13(15,16)10-1-2-12(18-7-10)19-6-4-11-9(8-19)3-5-17-11/h1-2,7,9,11,17H,3-6,8H2. The number of piperidine rings is 1. The predicted octanol–water partition coefficient (Wildman–Crippen LogP) is 2.29. The van der Waals surface area contributed by atoms with Crippen LogP contribution >= 0.6 is 0 Å². The molecule has 3 heterocycles. The molecule has 0 aliphatic carbocycles. The third kappa shape index (κ3) is 2.54. The van der Waals surface area contributed by atoms with Gasteiger partial charge < -0.3 is 10.2 Å². The van der Waals surface area contributed by atoms with Crippen LogP contribution in [0.1, 0.15) is 18.4 Å². The van der Waals surface area contributed by atoms with Crippen LogP contribution in [0, 0.1) is 5.92 Å². The Labute approximate surface area is 109 Å². The molecule has 2 atom stereocenters. The molecule has 0 radical (unpaired) electrons. The number of fused-ring (bicyclic) bond motifs is 1. The molecule has 0 saturated carbocycles. The summed E-state index contributed by atoms with van der Waals surface area (Å²) in [4.78, 5) is 6.06. The van der Waals surface area contributed by atoms with Gasteiger partial charge in [0.2, 0.25) is 0 Å². The second-order valence-electron chi connectivity index (χ2n) is 5.25. The smallest absolute Gasteiger partial charge is 0.356 e. The molecule has 1 aromatic heterocycles. The number of halogens is 3. The fourth-order valence-electron chi connectivity index (χ4n) is 3.00. The van der Waals surface area contributed by atoms with Crippen LogP contribution in [0.4, 0.5) is 19.0 Å². The summed E-state index contributed by atoms with van der Waals surface area (Å²) in [6.45, 7) is 2.78. The number of nitrogens with one attached hydrogen (secondary N) is 1. The van der Waals surface area contributed by atoms with Crippen LogP contribution in [0.5, 0.6) is 0 Å². The van der Waals surface area contributed by atoms with Crippen LogP contribution in [0.2, 0.25) is 0 Å². The predicted molar refractivity (Wildman–Crippen MR) is 66.0 cm³/mol. The lowest BCUT2D eigenvalue weighted by Crippen LogP contribution is -2.44. The van der Waals surface area contributed by atoms with E-state index in [0.717, 1.165) is 44.7 Å². The number of rotatable bonds is 1. The fraction of sp³-hybridized carbons (Fsp3) is 0.615. The van der Waals surface area contributed by atoms with E-state index in [1.807, 2.05) is 0 Å². The lowest BCUT2D eigenvalue weighted by Gasteiger charge is -2.35. The quantitative estimate of drug-likeness (QED) is 0.849. The Morgan fingerprint density at radius 2 is 2.11 bits per heavy atom. The molecule has 0 aromatic carbocycles. The van der Waals surface area contributed by atoms with E-state index in [1.54, 1.807) is 0 Å². The van der Waals surface area contributed by atoms with Crippen LogP contribution < -0.4 is 10.2 Å². The van der Waals surface area contributed by atoms with E-state index < -0.39 is 11.7 Å². The molecule has 1 aromatic rings. The lowest BCUT2D eigenvalue weighted by molar-refractivity contribution is -0.137. The molecule has 1 N–H and O–H groups in total. The van der Waals surface area contributed by atoms with Crippen LogP contribution in [-0.2, 0) is 6.18 Å². The highest BCUT2D eigenvalue weighted by Gasteiger charge is 2.34. The van der Waals surface area contributed by atoms with Gasteiger partial charge in [0.1, 0.15) is 5.82 Å². The first-order valence-electron chi connectivity index (χ1n) is 6.55. The molecule has 2 unspecified atom stereocenters. The van der Waals surface area contributed by atoms with Crippen LogP contribution in [0.3, 0.4) is 0 Å². The van der Waals surface area contributed by atoms with Crippen LogP contribution in [0.25, 0.3) is 0 Å². The van der Waals surface area contributed by atoms with Crippen molar-refractivity contribution in [1.29, 1.82) is 0 Å². The van der Waals surface area contributed by atoms with E-state index in [4.69, 9.17) is 0 Å². The molecule has 2 saturated heterocycles. The molecule has 2 fully saturated rings. The van der Waals surface area contributed by atoms with Crippen molar-refractivity contribution in [2.75, 3.05) is 24.5 Å². The third-order valence-electron chi connectivity index (χ3n) is 4.05. The second-order valence-corrected chi connectivity index (χ2v) is 5.25. The van der Waals surface area contributed by atoms with Crippen molar-refractivity contribution < 1.29 is 13.2 Å². The maximum absolute atomic E-state index is 12.5. The van der Waals surface area contributed by atoms with Gasteiger partial charge in [-0.15, -0.1) is 0 Å². The van der Waals surface area contributed by atoms with Gasteiger partial charge in [0.25, 0.3) is 0 Å². The van der Waals surface area contributed by atoms with Gasteiger partial charge in [-0.2, -0.15) is 13.2 Å². The molecular weight excluding hydrogens is 255 g/mol. The first kappa shape index (κ1) is 12.7. The van der Waals surface area contributed by atoms with Gasteiger partial charge in [-0.3, -0.25) is 0 Å². The third-order valence-corrected chi connectivity index (χ3v) is 4.05. The van der Waals surface area contributed by atoms with Crippen molar-refractivity contribution in [3.05, 3.63) is 23.9 Å². The summed E-state index contributed by atoms with van der Waals surface area (Å²) in [7, 11) is 0. The Morgan fingerprint density at radius 1 is 1.26 bits per heavy atom. The molecule has 3 nitrogen and oxygen atoms in total. The number of anilines is 1. The van der Waals surface area contributed by atoms with E-state index >= 15 is 0 Å². The highest BCUT2D eigenvalue weighted by Crippen LogP contribution is 2.31. The molecule has 0 bridgehead atoms. The highest BCUT2D eigenvalue weighted by molar-refractivity contribution is 5.40. The minimum atomic E-state index is -4.31. The summed E-state index contributed by atoms with van der Waals surface area (Å²) in [6, 6.07) is 3.16. The van der Waals surface area contributed by atoms with Crippen molar-refractivity contribution in [3.63, 3.8) is 0 Å². The molecule has 6 heteroatoms. The summed E-state index contributed by atoms with van der Waals surface area (Å²) < 4.78 is 37.4. The van der Waals surface area contributed by atoms with Crippen molar-refractivity contribution in [3.8, 4) is 0 Å². The number of pyridine rings is 1. The van der Waals surface area contributed by atoms with Gasteiger partial charge >= 0.3 is 6.18 Å². The van der Waals surface area contributed by atoms with E-state index in [9.17, 15) is 13.2 Å². The van der Waals surface area contributed by atoms with Gasteiger partial charge in [0.05, 0.1) is 5.56 Å². The SMILES string of the molecule is FC(F)(F)c1ccc(N2CCC3NCCC3C2)nc1. The second kappa shape index (κ2) is 4.67. The molecule has 3 rings (SSSR count). The van der Waals surface area contributed by atoms with Crippen molar-refractivity contribution in [2.45, 2.75) is 25.1 Å². The van der Waals surface area contributed by atoms with Crippen molar-refractivity contribution in [2.24, 2.45) is 5.92 Å². The van der Waals surface area contributed by atoms with Gasteiger partial charge in [-0.1, -0.05) is 0 Å². The Bertz CT molecular complexity index is 443. The number of nitrogens with zero attached hydrogens (tertiary/aromatic N) is 2. The average Bonchev–Trinajstić information content (AvgIpc) is 2.85. The maximum atomic E-state index is 12.5. The summed E-state index contributed by atoms with van der Waals surface area (Å²) in [6.07, 6.45) is -1.21. The minimum Gasteiger partial charge on any atom is -0.356 e.